The molecule has 2 nitrogen and oxygen atoms in total. The molecule has 0 bridgehead atoms. The maximum atomic E-state index is 12.8. The fourth-order valence-electron chi connectivity index (χ4n) is 2.05. The molecule has 1 unspecified atom stereocenters. The lowest BCUT2D eigenvalue weighted by molar-refractivity contribution is -0.149. The Balaban J connectivity index is 2.18. The number of allylic oxidation sites excluding steroid dienone is 1. The highest BCUT2D eigenvalue weighted by Crippen LogP contribution is 2.48. The quantitative estimate of drug-likeness (QED) is 0.779. The summed E-state index contributed by atoms with van der Waals surface area (Å²) in [6.07, 6.45) is 3.70. The number of hydrogen-bond acceptors (Lipinski definition) is 3. The first-order valence-electron chi connectivity index (χ1n) is 5.79. The summed E-state index contributed by atoms with van der Waals surface area (Å²) in [5.74, 6) is -0.462. The molecule has 96 valence electrons. The molecular weight excluding hydrogens is 251 g/mol. The topological polar surface area (TPSA) is 26.3 Å². The summed E-state index contributed by atoms with van der Waals surface area (Å²) in [6.45, 7) is 1.90. The van der Waals surface area contributed by atoms with Crippen molar-refractivity contribution in [1.82, 2.24) is 0 Å². The summed E-state index contributed by atoms with van der Waals surface area (Å²) in [6, 6.07) is 6.29. The molecule has 0 heterocycles. The molecule has 18 heavy (non-hydrogen) atoms. The van der Waals surface area contributed by atoms with Crippen LogP contribution in [0.1, 0.15) is 19.8 Å². The van der Waals surface area contributed by atoms with Crippen LogP contribution in [0.15, 0.2) is 40.1 Å². The second-order valence-electron chi connectivity index (χ2n) is 4.49. The van der Waals surface area contributed by atoms with Crippen LogP contribution in [0.4, 0.5) is 4.39 Å². The Kier molecular flexibility index (Phi) is 3.76. The van der Waals surface area contributed by atoms with Gasteiger partial charge < -0.3 is 4.74 Å². The lowest BCUT2D eigenvalue weighted by Crippen LogP contribution is -2.27. The average molecular weight is 266 g/mol. The number of benzene rings is 1. The van der Waals surface area contributed by atoms with Gasteiger partial charge in [0.15, 0.2) is 0 Å². The SMILES string of the molecule is COC(=O)C1(C)CCC=C1Sc1ccc(F)cc1. The molecule has 1 aliphatic carbocycles. The third kappa shape index (κ3) is 2.43. The number of halogens is 1. The van der Waals surface area contributed by atoms with Gasteiger partial charge in [-0.2, -0.15) is 0 Å². The van der Waals surface area contributed by atoms with Gasteiger partial charge in [0.25, 0.3) is 0 Å². The number of thioether (sulfide) groups is 1. The van der Waals surface area contributed by atoms with E-state index in [1.54, 1.807) is 12.1 Å². The predicted octanol–water partition coefficient (Wildman–Crippen LogP) is 3.77. The van der Waals surface area contributed by atoms with Crippen molar-refractivity contribution >= 4 is 17.7 Å². The Bertz CT molecular complexity index is 481. The third-order valence-electron chi connectivity index (χ3n) is 3.20. The van der Waals surface area contributed by atoms with Crippen molar-refractivity contribution in [2.45, 2.75) is 24.7 Å². The monoisotopic (exact) mass is 266 g/mol. The van der Waals surface area contributed by atoms with Crippen LogP contribution < -0.4 is 0 Å². The highest BCUT2D eigenvalue weighted by molar-refractivity contribution is 8.03. The van der Waals surface area contributed by atoms with E-state index >= 15 is 0 Å². The summed E-state index contributed by atoms with van der Waals surface area (Å²) in [5.41, 5.74) is -0.562. The minimum absolute atomic E-state index is 0.208. The Labute approximate surface area is 110 Å². The fraction of sp³-hybridized carbons (Fsp3) is 0.357. The second-order valence-corrected chi connectivity index (χ2v) is 5.60. The van der Waals surface area contributed by atoms with Crippen LogP contribution in [-0.2, 0) is 9.53 Å². The standard InChI is InChI=1S/C14H15FO2S/c1-14(13(16)17-2)9-3-4-12(14)18-11-7-5-10(15)6-8-11/h4-8H,3,9H2,1-2H3. The van der Waals surface area contributed by atoms with Crippen LogP contribution >= 0.6 is 11.8 Å². The molecule has 0 radical (unpaired) electrons. The van der Waals surface area contributed by atoms with E-state index in [-0.39, 0.29) is 11.8 Å². The molecule has 2 rings (SSSR count). The fourth-order valence-corrected chi connectivity index (χ4v) is 3.19. The molecule has 1 aliphatic rings. The van der Waals surface area contributed by atoms with E-state index in [0.717, 1.165) is 22.6 Å². The van der Waals surface area contributed by atoms with Crippen molar-refractivity contribution in [3.63, 3.8) is 0 Å². The third-order valence-corrected chi connectivity index (χ3v) is 4.54. The number of esters is 1. The van der Waals surface area contributed by atoms with Crippen LogP contribution in [0.3, 0.4) is 0 Å². The maximum absolute atomic E-state index is 12.8. The predicted molar refractivity (Wildman–Crippen MR) is 69.7 cm³/mol. The molecule has 1 atom stereocenters. The normalized spacial score (nSPS) is 22.7. The van der Waals surface area contributed by atoms with Crippen LogP contribution in [0.2, 0.25) is 0 Å². The second kappa shape index (κ2) is 5.14. The summed E-state index contributed by atoms with van der Waals surface area (Å²) in [7, 11) is 1.41. The Morgan fingerprint density at radius 1 is 1.39 bits per heavy atom. The smallest absolute Gasteiger partial charge is 0.316 e. The van der Waals surface area contributed by atoms with Crippen molar-refractivity contribution < 1.29 is 13.9 Å². The average Bonchev–Trinajstić information content (AvgIpc) is 2.74. The number of carbonyl (C=O) groups is 1. The maximum Gasteiger partial charge on any atom is 0.316 e. The number of methoxy groups -OCH3 is 1. The van der Waals surface area contributed by atoms with E-state index in [1.165, 1.54) is 31.0 Å². The van der Waals surface area contributed by atoms with Gasteiger partial charge in [0.2, 0.25) is 0 Å². The zero-order chi connectivity index (χ0) is 13.2. The van der Waals surface area contributed by atoms with Crippen LogP contribution in [-0.4, -0.2) is 13.1 Å². The number of hydrogen-bond donors (Lipinski definition) is 0. The summed E-state index contributed by atoms with van der Waals surface area (Å²) >= 11 is 1.50. The van der Waals surface area contributed by atoms with Gasteiger partial charge in [-0.25, -0.2) is 4.39 Å². The lowest BCUT2D eigenvalue weighted by Gasteiger charge is -2.24. The minimum atomic E-state index is -0.562. The highest BCUT2D eigenvalue weighted by atomic mass is 32.2. The molecule has 0 fully saturated rings. The number of ether oxygens (including phenoxy) is 1. The highest BCUT2D eigenvalue weighted by Gasteiger charge is 2.41. The molecule has 1 aromatic rings. The van der Waals surface area contributed by atoms with Gasteiger partial charge in [0.05, 0.1) is 12.5 Å². The van der Waals surface area contributed by atoms with Gasteiger partial charge in [-0.1, -0.05) is 17.8 Å². The summed E-state index contributed by atoms with van der Waals surface area (Å²) in [5, 5.41) is 0. The van der Waals surface area contributed by atoms with Crippen LogP contribution in [0, 0.1) is 11.2 Å². The molecule has 0 aliphatic heterocycles. The largest absolute Gasteiger partial charge is 0.468 e. The Morgan fingerprint density at radius 3 is 2.67 bits per heavy atom. The van der Waals surface area contributed by atoms with Gasteiger partial charge in [-0.15, -0.1) is 0 Å². The molecule has 0 saturated heterocycles. The van der Waals surface area contributed by atoms with Crippen molar-refractivity contribution in [1.29, 1.82) is 0 Å². The first kappa shape index (κ1) is 13.1. The zero-order valence-corrected chi connectivity index (χ0v) is 11.2. The van der Waals surface area contributed by atoms with E-state index in [9.17, 15) is 9.18 Å². The molecule has 1 aromatic carbocycles. The molecular formula is C14H15FO2S. The van der Waals surface area contributed by atoms with E-state index < -0.39 is 5.41 Å². The van der Waals surface area contributed by atoms with Crippen molar-refractivity contribution in [3.05, 3.63) is 41.1 Å². The lowest BCUT2D eigenvalue weighted by atomic mass is 9.90. The van der Waals surface area contributed by atoms with Gasteiger partial charge >= 0.3 is 5.97 Å². The molecule has 0 saturated carbocycles. The molecule has 4 heteroatoms. The zero-order valence-electron chi connectivity index (χ0n) is 10.4. The van der Waals surface area contributed by atoms with Crippen LogP contribution in [0.5, 0.6) is 0 Å². The van der Waals surface area contributed by atoms with Crippen molar-refractivity contribution in [2.24, 2.45) is 5.41 Å². The van der Waals surface area contributed by atoms with Gasteiger partial charge in [0.1, 0.15) is 5.82 Å². The van der Waals surface area contributed by atoms with E-state index in [4.69, 9.17) is 4.74 Å². The van der Waals surface area contributed by atoms with Crippen molar-refractivity contribution in [2.75, 3.05) is 7.11 Å². The van der Waals surface area contributed by atoms with E-state index in [2.05, 4.69) is 6.08 Å². The van der Waals surface area contributed by atoms with Crippen LogP contribution in [0.25, 0.3) is 0 Å². The summed E-state index contributed by atoms with van der Waals surface area (Å²) < 4.78 is 17.7. The number of rotatable bonds is 3. The van der Waals surface area contributed by atoms with Gasteiger partial charge in [0, 0.05) is 9.80 Å². The molecule has 0 N–H and O–H groups in total. The van der Waals surface area contributed by atoms with E-state index in [1.807, 2.05) is 6.92 Å². The number of carbonyl (C=O) groups excluding carboxylic acids is 1. The van der Waals surface area contributed by atoms with Gasteiger partial charge in [-0.05, 0) is 44.0 Å². The first-order chi connectivity index (χ1) is 8.56. The van der Waals surface area contributed by atoms with Crippen molar-refractivity contribution in [3.8, 4) is 0 Å². The minimum Gasteiger partial charge on any atom is -0.468 e. The molecule has 0 amide bonds. The van der Waals surface area contributed by atoms with E-state index in [0.29, 0.717) is 0 Å². The first-order valence-corrected chi connectivity index (χ1v) is 6.60. The Hall–Kier alpha value is -1.29. The Morgan fingerprint density at radius 2 is 2.06 bits per heavy atom. The van der Waals surface area contributed by atoms with Gasteiger partial charge in [-0.3, -0.25) is 4.79 Å². The molecule has 0 spiro atoms. The molecule has 0 aromatic heterocycles. The summed E-state index contributed by atoms with van der Waals surface area (Å²) in [4.78, 5) is 13.8.